The molecular formula is C16H28N4. The van der Waals surface area contributed by atoms with Crippen LogP contribution in [0.2, 0.25) is 0 Å². The molecule has 4 nitrogen and oxygen atoms in total. The monoisotopic (exact) mass is 276 g/mol. The van der Waals surface area contributed by atoms with Gasteiger partial charge in [-0.25, -0.2) is 9.97 Å². The number of hydrogen-bond donors (Lipinski definition) is 2. The summed E-state index contributed by atoms with van der Waals surface area (Å²) in [6, 6.07) is 2.00. The highest BCUT2D eigenvalue weighted by atomic mass is 15.1. The maximum absolute atomic E-state index is 4.70. The van der Waals surface area contributed by atoms with Crippen molar-refractivity contribution < 1.29 is 0 Å². The summed E-state index contributed by atoms with van der Waals surface area (Å²) in [6.07, 6.45) is 3.52. The summed E-state index contributed by atoms with van der Waals surface area (Å²) in [4.78, 5) is 9.25. The van der Waals surface area contributed by atoms with Gasteiger partial charge in [-0.3, -0.25) is 0 Å². The Morgan fingerprint density at radius 3 is 2.20 bits per heavy atom. The van der Waals surface area contributed by atoms with Crippen LogP contribution in [0, 0.1) is 5.41 Å². The van der Waals surface area contributed by atoms with Crippen molar-refractivity contribution in [2.75, 3.05) is 17.7 Å². The molecule has 1 aliphatic carbocycles. The van der Waals surface area contributed by atoms with Gasteiger partial charge in [0, 0.05) is 24.6 Å². The van der Waals surface area contributed by atoms with Crippen molar-refractivity contribution in [2.24, 2.45) is 5.41 Å². The van der Waals surface area contributed by atoms with Gasteiger partial charge in [-0.05, 0) is 38.5 Å². The Morgan fingerprint density at radius 2 is 1.70 bits per heavy atom. The summed E-state index contributed by atoms with van der Waals surface area (Å²) >= 11 is 0. The minimum absolute atomic E-state index is 0.0123. The van der Waals surface area contributed by atoms with Gasteiger partial charge in [0.2, 0.25) is 0 Å². The summed E-state index contributed by atoms with van der Waals surface area (Å²) < 4.78 is 0. The molecule has 1 saturated carbocycles. The van der Waals surface area contributed by atoms with Crippen molar-refractivity contribution in [3.8, 4) is 0 Å². The quantitative estimate of drug-likeness (QED) is 0.852. The largest absolute Gasteiger partial charge is 0.373 e. The predicted octanol–water partition coefficient (Wildman–Crippen LogP) is 4.02. The lowest BCUT2D eigenvalue weighted by Gasteiger charge is -2.33. The standard InChI is InChI=1S/C16H28N4/c1-15(2,3)10-16(4,5)20-13-9-12(17-6)18-14(19-13)11-7-8-11/h9,11H,7-8,10H2,1-6H3,(H2,17,18,19,20). The van der Waals surface area contributed by atoms with E-state index in [-0.39, 0.29) is 11.0 Å². The Morgan fingerprint density at radius 1 is 1.10 bits per heavy atom. The van der Waals surface area contributed by atoms with Crippen LogP contribution >= 0.6 is 0 Å². The average Bonchev–Trinajstić information content (AvgIpc) is 3.07. The first kappa shape index (κ1) is 15.1. The smallest absolute Gasteiger partial charge is 0.136 e. The number of hydrogen-bond acceptors (Lipinski definition) is 4. The van der Waals surface area contributed by atoms with E-state index in [9.17, 15) is 0 Å². The Kier molecular flexibility index (Phi) is 3.94. The van der Waals surface area contributed by atoms with E-state index in [1.165, 1.54) is 12.8 Å². The van der Waals surface area contributed by atoms with Crippen LogP contribution in [-0.2, 0) is 0 Å². The van der Waals surface area contributed by atoms with Crippen molar-refractivity contribution in [1.29, 1.82) is 0 Å². The molecule has 0 atom stereocenters. The second kappa shape index (κ2) is 5.23. The molecule has 0 bridgehead atoms. The minimum Gasteiger partial charge on any atom is -0.373 e. The van der Waals surface area contributed by atoms with Gasteiger partial charge >= 0.3 is 0 Å². The molecule has 1 fully saturated rings. The van der Waals surface area contributed by atoms with E-state index in [1.54, 1.807) is 0 Å². The highest BCUT2D eigenvalue weighted by Crippen LogP contribution is 2.39. The molecule has 112 valence electrons. The molecule has 2 rings (SSSR count). The van der Waals surface area contributed by atoms with Crippen LogP contribution in [0.5, 0.6) is 0 Å². The van der Waals surface area contributed by atoms with E-state index in [2.05, 4.69) is 50.2 Å². The summed E-state index contributed by atoms with van der Waals surface area (Å²) in [6.45, 7) is 11.3. The van der Waals surface area contributed by atoms with Gasteiger partial charge in [0.1, 0.15) is 17.5 Å². The second-order valence-corrected chi connectivity index (χ2v) is 7.77. The minimum atomic E-state index is 0.0123. The Bertz CT molecular complexity index is 470. The number of anilines is 2. The van der Waals surface area contributed by atoms with Gasteiger partial charge < -0.3 is 10.6 Å². The molecule has 1 aliphatic rings. The molecule has 0 radical (unpaired) electrons. The average molecular weight is 276 g/mol. The van der Waals surface area contributed by atoms with Gasteiger partial charge in [0.05, 0.1) is 0 Å². The topological polar surface area (TPSA) is 49.8 Å². The number of aromatic nitrogens is 2. The maximum Gasteiger partial charge on any atom is 0.136 e. The summed E-state index contributed by atoms with van der Waals surface area (Å²) in [5.41, 5.74) is 0.299. The molecule has 4 heteroatoms. The lowest BCUT2D eigenvalue weighted by molar-refractivity contribution is 0.302. The molecule has 1 aromatic heterocycles. The third kappa shape index (κ3) is 4.36. The molecule has 0 unspecified atom stereocenters. The normalized spacial score (nSPS) is 16.1. The van der Waals surface area contributed by atoms with Crippen LogP contribution in [0.25, 0.3) is 0 Å². The number of rotatable bonds is 5. The molecule has 2 N–H and O–H groups in total. The first-order valence-electron chi connectivity index (χ1n) is 7.53. The van der Waals surface area contributed by atoms with Crippen LogP contribution in [0.4, 0.5) is 11.6 Å². The molecule has 0 saturated heterocycles. The van der Waals surface area contributed by atoms with E-state index < -0.39 is 0 Å². The fourth-order valence-corrected chi connectivity index (χ4v) is 2.90. The fraction of sp³-hybridized carbons (Fsp3) is 0.750. The van der Waals surface area contributed by atoms with Crippen molar-refractivity contribution in [3.05, 3.63) is 11.9 Å². The molecule has 0 aliphatic heterocycles. The van der Waals surface area contributed by atoms with E-state index in [1.807, 2.05) is 13.1 Å². The van der Waals surface area contributed by atoms with Gasteiger partial charge in [0.25, 0.3) is 0 Å². The molecule has 1 aromatic rings. The lowest BCUT2D eigenvalue weighted by Crippen LogP contribution is -2.35. The zero-order valence-corrected chi connectivity index (χ0v) is 13.7. The van der Waals surface area contributed by atoms with Crippen molar-refractivity contribution >= 4 is 11.6 Å². The number of nitrogens with one attached hydrogen (secondary N) is 2. The lowest BCUT2D eigenvalue weighted by atomic mass is 9.82. The van der Waals surface area contributed by atoms with E-state index in [0.29, 0.717) is 5.92 Å². The molecule has 20 heavy (non-hydrogen) atoms. The van der Waals surface area contributed by atoms with E-state index in [0.717, 1.165) is 23.9 Å². The fourth-order valence-electron chi connectivity index (χ4n) is 2.90. The van der Waals surface area contributed by atoms with Crippen molar-refractivity contribution in [2.45, 2.75) is 65.3 Å². The third-order valence-electron chi connectivity index (χ3n) is 3.38. The van der Waals surface area contributed by atoms with Crippen LogP contribution in [0.1, 0.15) is 65.6 Å². The molecule has 0 spiro atoms. The second-order valence-electron chi connectivity index (χ2n) is 7.77. The Balaban J connectivity index is 2.17. The van der Waals surface area contributed by atoms with Crippen LogP contribution in [-0.4, -0.2) is 22.6 Å². The molecule has 1 heterocycles. The van der Waals surface area contributed by atoms with Crippen molar-refractivity contribution in [1.82, 2.24) is 9.97 Å². The Labute approximate surface area is 122 Å². The summed E-state index contributed by atoms with van der Waals surface area (Å²) in [7, 11) is 1.91. The van der Waals surface area contributed by atoms with Gasteiger partial charge in [-0.1, -0.05) is 20.8 Å². The summed E-state index contributed by atoms with van der Waals surface area (Å²) in [5.74, 6) is 3.37. The highest BCUT2D eigenvalue weighted by molar-refractivity contribution is 5.49. The predicted molar refractivity (Wildman–Crippen MR) is 85.3 cm³/mol. The van der Waals surface area contributed by atoms with E-state index >= 15 is 0 Å². The number of nitrogens with zero attached hydrogens (tertiary/aromatic N) is 2. The maximum atomic E-state index is 4.70. The third-order valence-corrected chi connectivity index (χ3v) is 3.38. The van der Waals surface area contributed by atoms with Gasteiger partial charge in [-0.15, -0.1) is 0 Å². The van der Waals surface area contributed by atoms with Crippen LogP contribution in [0.3, 0.4) is 0 Å². The summed E-state index contributed by atoms with van der Waals surface area (Å²) in [5, 5.41) is 6.71. The zero-order chi connectivity index (χ0) is 15.0. The van der Waals surface area contributed by atoms with Crippen LogP contribution in [0.15, 0.2) is 6.07 Å². The Hall–Kier alpha value is -1.32. The highest BCUT2D eigenvalue weighted by Gasteiger charge is 2.29. The van der Waals surface area contributed by atoms with E-state index in [4.69, 9.17) is 4.98 Å². The SMILES string of the molecule is CNc1cc(NC(C)(C)CC(C)(C)C)nc(C2CC2)n1. The van der Waals surface area contributed by atoms with Crippen molar-refractivity contribution in [3.63, 3.8) is 0 Å². The zero-order valence-electron chi connectivity index (χ0n) is 13.7. The first-order chi connectivity index (χ1) is 9.18. The van der Waals surface area contributed by atoms with Crippen LogP contribution < -0.4 is 10.6 Å². The molecular weight excluding hydrogens is 248 g/mol. The van der Waals surface area contributed by atoms with Gasteiger partial charge in [0.15, 0.2) is 0 Å². The first-order valence-corrected chi connectivity index (χ1v) is 7.53. The van der Waals surface area contributed by atoms with Gasteiger partial charge in [-0.2, -0.15) is 0 Å². The molecule has 0 aromatic carbocycles. The molecule has 0 amide bonds.